The van der Waals surface area contributed by atoms with Gasteiger partial charge in [-0.3, -0.25) is 4.79 Å². The van der Waals surface area contributed by atoms with Crippen LogP contribution in [0.5, 0.6) is 11.5 Å². The fourth-order valence-electron chi connectivity index (χ4n) is 4.26. The molecule has 1 fully saturated rings. The zero-order valence-electron chi connectivity index (χ0n) is 21.1. The number of halogens is 1. The molecular formula is C29H24FN3O6S. The van der Waals surface area contributed by atoms with Crippen molar-refractivity contribution in [2.45, 2.75) is 4.90 Å². The third-order valence-corrected chi connectivity index (χ3v) is 8.35. The predicted molar refractivity (Wildman–Crippen MR) is 144 cm³/mol. The fraction of sp³-hybridized carbons (Fsp3) is 0.138. The Morgan fingerprint density at radius 1 is 0.800 bits per heavy atom. The van der Waals surface area contributed by atoms with Crippen molar-refractivity contribution >= 4 is 21.9 Å². The third-order valence-electron chi connectivity index (χ3n) is 6.43. The number of nitrogens with zero attached hydrogens (tertiary/aromatic N) is 3. The molecule has 4 aromatic rings. The van der Waals surface area contributed by atoms with Crippen molar-refractivity contribution in [3.05, 3.63) is 108 Å². The van der Waals surface area contributed by atoms with Gasteiger partial charge >= 0.3 is 5.97 Å². The highest BCUT2D eigenvalue weighted by Gasteiger charge is 2.31. The van der Waals surface area contributed by atoms with Crippen molar-refractivity contribution < 1.29 is 32.2 Å². The molecule has 1 amide bonds. The fourth-order valence-corrected chi connectivity index (χ4v) is 5.68. The summed E-state index contributed by atoms with van der Waals surface area (Å²) in [5, 5.41) is 9.03. The zero-order chi connectivity index (χ0) is 28.3. The van der Waals surface area contributed by atoms with Crippen LogP contribution < -0.4 is 4.74 Å². The molecule has 0 unspecified atom stereocenters. The van der Waals surface area contributed by atoms with E-state index in [1.54, 1.807) is 35.2 Å². The van der Waals surface area contributed by atoms with Crippen LogP contribution in [0.1, 0.15) is 20.8 Å². The smallest absolute Gasteiger partial charge is 0.335 e. The molecule has 5 rings (SSSR count). The van der Waals surface area contributed by atoms with Crippen molar-refractivity contribution in [1.82, 2.24) is 14.2 Å². The van der Waals surface area contributed by atoms with E-state index in [0.717, 1.165) is 5.56 Å². The van der Waals surface area contributed by atoms with Gasteiger partial charge in [0.05, 0.1) is 16.2 Å². The van der Waals surface area contributed by atoms with E-state index in [0.29, 0.717) is 17.2 Å². The molecule has 3 aromatic carbocycles. The van der Waals surface area contributed by atoms with Crippen molar-refractivity contribution in [2.75, 3.05) is 26.2 Å². The maximum Gasteiger partial charge on any atom is 0.335 e. The highest BCUT2D eigenvalue weighted by atomic mass is 32.2. The number of carboxylic acids is 1. The van der Waals surface area contributed by atoms with Crippen molar-refractivity contribution in [3.8, 4) is 22.8 Å². The van der Waals surface area contributed by atoms with Gasteiger partial charge in [0.25, 0.3) is 5.91 Å². The molecule has 204 valence electrons. The van der Waals surface area contributed by atoms with Gasteiger partial charge in [0.2, 0.25) is 10.0 Å². The molecule has 0 aliphatic carbocycles. The van der Waals surface area contributed by atoms with E-state index in [1.807, 2.05) is 12.1 Å². The van der Waals surface area contributed by atoms with Crippen molar-refractivity contribution in [3.63, 3.8) is 0 Å². The lowest BCUT2D eigenvalue weighted by molar-refractivity contribution is 0.0686. The van der Waals surface area contributed by atoms with Gasteiger partial charge in [0.15, 0.2) is 0 Å². The Hall–Kier alpha value is -4.61. The molecular weight excluding hydrogens is 537 g/mol. The molecule has 1 aliphatic heterocycles. The Balaban J connectivity index is 1.22. The van der Waals surface area contributed by atoms with Gasteiger partial charge in [-0.15, -0.1) is 0 Å². The summed E-state index contributed by atoms with van der Waals surface area (Å²) in [5.41, 5.74) is 1.60. The van der Waals surface area contributed by atoms with Crippen LogP contribution in [0.4, 0.5) is 4.39 Å². The molecule has 2 heterocycles. The number of carboxylic acid groups (broad SMARTS) is 1. The standard InChI is InChI=1S/C29H24FN3O6S/c30-22-8-12-24(13-9-22)39-23-10-4-20(5-11-23)26-2-1-3-27(31-26)28(34)32-16-18-33(19-17-32)40(37,38)25-14-6-21(7-15-25)29(35)36/h1-15H,16-19H2,(H,35,36). The molecule has 0 radical (unpaired) electrons. The number of aromatic nitrogens is 1. The number of hydrogen-bond acceptors (Lipinski definition) is 6. The summed E-state index contributed by atoms with van der Waals surface area (Å²) < 4.78 is 46.1. The Kier molecular flexibility index (Phi) is 7.58. The molecule has 1 aliphatic rings. The van der Waals surface area contributed by atoms with Crippen molar-refractivity contribution in [2.24, 2.45) is 0 Å². The quantitative estimate of drug-likeness (QED) is 0.353. The highest BCUT2D eigenvalue weighted by molar-refractivity contribution is 7.89. The minimum absolute atomic E-state index is 0.000675. The largest absolute Gasteiger partial charge is 0.478 e. The van der Waals surface area contributed by atoms with Crippen LogP contribution in [0, 0.1) is 5.82 Å². The zero-order valence-corrected chi connectivity index (χ0v) is 21.9. The second-order valence-electron chi connectivity index (χ2n) is 9.01. The molecule has 0 saturated carbocycles. The molecule has 0 spiro atoms. The van der Waals surface area contributed by atoms with E-state index < -0.39 is 16.0 Å². The van der Waals surface area contributed by atoms with Gasteiger partial charge in [0.1, 0.15) is 23.0 Å². The van der Waals surface area contributed by atoms with Gasteiger partial charge in [-0.2, -0.15) is 4.31 Å². The summed E-state index contributed by atoms with van der Waals surface area (Å²) in [6, 6.07) is 23.0. The number of amides is 1. The van der Waals surface area contributed by atoms with Gasteiger partial charge in [-0.1, -0.05) is 6.07 Å². The number of carbonyl (C=O) groups excluding carboxylic acids is 1. The van der Waals surface area contributed by atoms with E-state index in [2.05, 4.69) is 4.98 Å². The predicted octanol–water partition coefficient (Wildman–Crippen LogP) is 4.52. The van der Waals surface area contributed by atoms with Crippen LogP contribution in [0.2, 0.25) is 0 Å². The maximum atomic E-state index is 13.2. The Morgan fingerprint density at radius 2 is 1.40 bits per heavy atom. The summed E-state index contributed by atoms with van der Waals surface area (Å²) in [5.74, 6) is -0.723. The molecule has 0 atom stereocenters. The monoisotopic (exact) mass is 561 g/mol. The first-order chi connectivity index (χ1) is 19.2. The minimum Gasteiger partial charge on any atom is -0.478 e. The second kappa shape index (κ2) is 11.2. The second-order valence-corrected chi connectivity index (χ2v) is 11.0. The number of rotatable bonds is 7. The first-order valence-electron chi connectivity index (χ1n) is 12.3. The Bertz CT molecular complexity index is 1630. The van der Waals surface area contributed by atoms with Gasteiger partial charge < -0.3 is 14.7 Å². The van der Waals surface area contributed by atoms with Gasteiger partial charge in [0, 0.05) is 31.7 Å². The van der Waals surface area contributed by atoms with Gasteiger partial charge in [-0.05, 0) is 84.9 Å². The lowest BCUT2D eigenvalue weighted by atomic mass is 10.1. The van der Waals surface area contributed by atoms with Crippen LogP contribution in [0.3, 0.4) is 0 Å². The molecule has 1 saturated heterocycles. The van der Waals surface area contributed by atoms with E-state index >= 15 is 0 Å². The van der Waals surface area contributed by atoms with Crippen LogP contribution in [0.25, 0.3) is 11.3 Å². The Morgan fingerprint density at radius 3 is 2.00 bits per heavy atom. The lowest BCUT2D eigenvalue weighted by Crippen LogP contribution is -2.50. The van der Waals surface area contributed by atoms with Crippen LogP contribution in [0.15, 0.2) is 95.9 Å². The SMILES string of the molecule is O=C(O)c1ccc(S(=O)(=O)N2CCN(C(=O)c3cccc(-c4ccc(Oc5ccc(F)cc5)cc4)n3)CC2)cc1. The number of piperazine rings is 1. The maximum absolute atomic E-state index is 13.2. The first-order valence-corrected chi connectivity index (χ1v) is 13.8. The number of hydrogen-bond donors (Lipinski definition) is 1. The van der Waals surface area contributed by atoms with Crippen LogP contribution in [-0.2, 0) is 10.0 Å². The molecule has 11 heteroatoms. The van der Waals surface area contributed by atoms with E-state index in [1.165, 1.54) is 52.8 Å². The first kappa shape index (κ1) is 27.0. The van der Waals surface area contributed by atoms with Gasteiger partial charge in [-0.25, -0.2) is 22.6 Å². The summed E-state index contributed by atoms with van der Waals surface area (Å²) in [4.78, 5) is 30.3. The van der Waals surface area contributed by atoms with Crippen LogP contribution in [-0.4, -0.2) is 65.8 Å². The minimum atomic E-state index is -3.83. The number of sulfonamides is 1. The normalized spacial score (nSPS) is 14.1. The molecule has 1 N–H and O–H groups in total. The lowest BCUT2D eigenvalue weighted by Gasteiger charge is -2.33. The number of carbonyl (C=O) groups is 2. The molecule has 40 heavy (non-hydrogen) atoms. The summed E-state index contributed by atoms with van der Waals surface area (Å²) in [7, 11) is -3.83. The summed E-state index contributed by atoms with van der Waals surface area (Å²) >= 11 is 0. The molecule has 9 nitrogen and oxygen atoms in total. The molecule has 0 bridgehead atoms. The number of ether oxygens (including phenoxy) is 1. The molecule has 1 aromatic heterocycles. The number of pyridine rings is 1. The van der Waals surface area contributed by atoms with Crippen molar-refractivity contribution in [1.29, 1.82) is 0 Å². The van der Waals surface area contributed by atoms with Crippen LogP contribution >= 0.6 is 0 Å². The third kappa shape index (κ3) is 5.85. The van der Waals surface area contributed by atoms with E-state index in [9.17, 15) is 22.4 Å². The average Bonchev–Trinajstić information content (AvgIpc) is 2.98. The number of benzene rings is 3. The summed E-state index contributed by atoms with van der Waals surface area (Å²) in [6.07, 6.45) is 0. The average molecular weight is 562 g/mol. The highest BCUT2D eigenvalue weighted by Crippen LogP contribution is 2.26. The Labute approximate surface area is 230 Å². The van der Waals surface area contributed by atoms with E-state index in [-0.39, 0.29) is 54.1 Å². The van der Waals surface area contributed by atoms with E-state index in [4.69, 9.17) is 9.84 Å². The number of aromatic carboxylic acids is 1. The topological polar surface area (TPSA) is 117 Å². The summed E-state index contributed by atoms with van der Waals surface area (Å²) in [6.45, 7) is 0.577.